The predicted octanol–water partition coefficient (Wildman–Crippen LogP) is 2.48. The molecular formula is C17H20F2N4O2S. The Hall–Kier alpha value is -2.39. The highest BCUT2D eigenvalue weighted by Gasteiger charge is 2.14. The lowest BCUT2D eigenvalue weighted by Crippen LogP contribution is -2.41. The minimum Gasteiger partial charge on any atom is -0.353 e. The van der Waals surface area contributed by atoms with Crippen LogP contribution in [-0.4, -0.2) is 47.9 Å². The van der Waals surface area contributed by atoms with E-state index in [0.717, 1.165) is 29.5 Å². The van der Waals surface area contributed by atoms with E-state index < -0.39 is 11.6 Å². The van der Waals surface area contributed by atoms with E-state index in [9.17, 15) is 18.4 Å². The van der Waals surface area contributed by atoms with Gasteiger partial charge in [0, 0.05) is 17.0 Å². The van der Waals surface area contributed by atoms with Crippen molar-refractivity contribution in [3.8, 4) is 11.3 Å². The van der Waals surface area contributed by atoms with Gasteiger partial charge in [0.1, 0.15) is 11.6 Å². The number of carbonyl (C=O) groups excluding carboxylic acids is 2. The Balaban J connectivity index is 1.93. The van der Waals surface area contributed by atoms with Gasteiger partial charge < -0.3 is 10.6 Å². The summed E-state index contributed by atoms with van der Waals surface area (Å²) in [7, 11) is 1.65. The molecule has 6 nitrogen and oxygen atoms in total. The molecule has 9 heteroatoms. The quantitative estimate of drug-likeness (QED) is 0.772. The number of hydrogen-bond donors (Lipinski definition) is 2. The van der Waals surface area contributed by atoms with Gasteiger partial charge in [0.05, 0.1) is 18.8 Å². The monoisotopic (exact) mass is 382 g/mol. The highest BCUT2D eigenvalue weighted by molar-refractivity contribution is 7.14. The molecule has 0 fully saturated rings. The van der Waals surface area contributed by atoms with Crippen LogP contribution in [0.25, 0.3) is 11.3 Å². The lowest BCUT2D eigenvalue weighted by atomic mass is 10.1. The Labute approximate surface area is 154 Å². The van der Waals surface area contributed by atoms with Crippen molar-refractivity contribution < 1.29 is 18.4 Å². The standard InChI is InChI=1S/C17H20F2N4O2S/c1-10(2)20-15(24)7-23(3)8-16(25)22-17-21-14(9-26-17)12-6-11(18)4-5-13(12)19/h4-6,9-10H,7-8H2,1-3H3,(H,20,24)(H,21,22,25). The first kappa shape index (κ1) is 19.9. The van der Waals surface area contributed by atoms with E-state index in [1.807, 2.05) is 13.8 Å². The van der Waals surface area contributed by atoms with Crippen LogP contribution in [0.15, 0.2) is 23.6 Å². The Morgan fingerprint density at radius 2 is 1.92 bits per heavy atom. The highest BCUT2D eigenvalue weighted by Crippen LogP contribution is 2.27. The van der Waals surface area contributed by atoms with E-state index in [-0.39, 0.29) is 47.3 Å². The van der Waals surface area contributed by atoms with E-state index in [1.54, 1.807) is 11.9 Å². The van der Waals surface area contributed by atoms with Gasteiger partial charge in [-0.15, -0.1) is 11.3 Å². The first-order valence-electron chi connectivity index (χ1n) is 7.93. The first-order valence-corrected chi connectivity index (χ1v) is 8.81. The van der Waals surface area contributed by atoms with Gasteiger partial charge in [-0.25, -0.2) is 13.8 Å². The molecule has 2 aromatic rings. The number of rotatable bonds is 7. The number of likely N-dealkylation sites (N-methyl/N-ethyl adjacent to an activating group) is 1. The molecule has 0 aliphatic carbocycles. The zero-order valence-corrected chi connectivity index (χ0v) is 15.5. The maximum atomic E-state index is 13.8. The van der Waals surface area contributed by atoms with Crippen molar-refractivity contribution in [2.75, 3.05) is 25.5 Å². The zero-order chi connectivity index (χ0) is 19.3. The normalized spacial score (nSPS) is 11.0. The number of nitrogens with zero attached hydrogens (tertiary/aromatic N) is 2. The molecule has 0 radical (unpaired) electrons. The number of amides is 2. The maximum Gasteiger partial charge on any atom is 0.240 e. The van der Waals surface area contributed by atoms with Crippen molar-refractivity contribution >= 4 is 28.3 Å². The lowest BCUT2D eigenvalue weighted by molar-refractivity contribution is -0.123. The van der Waals surface area contributed by atoms with Crippen LogP contribution in [0, 0.1) is 11.6 Å². The largest absolute Gasteiger partial charge is 0.353 e. The summed E-state index contributed by atoms with van der Waals surface area (Å²) in [6.45, 7) is 3.79. The van der Waals surface area contributed by atoms with Crippen LogP contribution in [0.4, 0.5) is 13.9 Å². The van der Waals surface area contributed by atoms with Gasteiger partial charge in [-0.1, -0.05) is 0 Å². The molecule has 26 heavy (non-hydrogen) atoms. The molecule has 140 valence electrons. The Morgan fingerprint density at radius 3 is 2.62 bits per heavy atom. The molecule has 0 spiro atoms. The van der Waals surface area contributed by atoms with Crippen LogP contribution in [0.1, 0.15) is 13.8 Å². The molecule has 1 aromatic carbocycles. The second-order valence-electron chi connectivity index (χ2n) is 6.10. The number of carbonyl (C=O) groups is 2. The van der Waals surface area contributed by atoms with Gasteiger partial charge in [0.25, 0.3) is 0 Å². The number of benzene rings is 1. The van der Waals surface area contributed by atoms with E-state index in [4.69, 9.17) is 0 Å². The predicted molar refractivity (Wildman–Crippen MR) is 96.9 cm³/mol. The molecule has 0 saturated heterocycles. The SMILES string of the molecule is CC(C)NC(=O)CN(C)CC(=O)Nc1nc(-c2cc(F)ccc2F)cs1. The number of nitrogens with one attached hydrogen (secondary N) is 2. The molecule has 0 atom stereocenters. The van der Waals surface area contributed by atoms with Crippen molar-refractivity contribution in [3.63, 3.8) is 0 Å². The first-order chi connectivity index (χ1) is 12.2. The second-order valence-corrected chi connectivity index (χ2v) is 6.96. The number of aromatic nitrogens is 1. The van der Waals surface area contributed by atoms with Gasteiger partial charge in [0.15, 0.2) is 5.13 Å². The van der Waals surface area contributed by atoms with Crippen LogP contribution in [0.2, 0.25) is 0 Å². The number of hydrogen-bond acceptors (Lipinski definition) is 5. The fourth-order valence-electron chi connectivity index (χ4n) is 2.22. The van der Waals surface area contributed by atoms with Gasteiger partial charge in [-0.2, -0.15) is 0 Å². The third-order valence-electron chi connectivity index (χ3n) is 3.23. The number of anilines is 1. The van der Waals surface area contributed by atoms with Gasteiger partial charge in [0.2, 0.25) is 11.8 Å². The summed E-state index contributed by atoms with van der Waals surface area (Å²) in [5, 5.41) is 7.14. The van der Waals surface area contributed by atoms with Crippen molar-refractivity contribution in [3.05, 3.63) is 35.2 Å². The maximum absolute atomic E-state index is 13.8. The summed E-state index contributed by atoms with van der Waals surface area (Å²) in [5.41, 5.74) is 0.274. The van der Waals surface area contributed by atoms with E-state index in [1.165, 1.54) is 5.38 Å². The van der Waals surface area contributed by atoms with Crippen molar-refractivity contribution in [1.29, 1.82) is 0 Å². The van der Waals surface area contributed by atoms with Crippen LogP contribution < -0.4 is 10.6 Å². The molecule has 0 aliphatic heterocycles. The van der Waals surface area contributed by atoms with E-state index in [2.05, 4.69) is 15.6 Å². The molecule has 2 N–H and O–H groups in total. The molecule has 1 aromatic heterocycles. The highest BCUT2D eigenvalue weighted by atomic mass is 32.1. The van der Waals surface area contributed by atoms with E-state index >= 15 is 0 Å². The molecular weight excluding hydrogens is 362 g/mol. The Bertz CT molecular complexity index is 795. The third-order valence-corrected chi connectivity index (χ3v) is 3.99. The lowest BCUT2D eigenvalue weighted by Gasteiger charge is -2.16. The Morgan fingerprint density at radius 1 is 1.23 bits per heavy atom. The van der Waals surface area contributed by atoms with Gasteiger partial charge in [-0.05, 0) is 39.1 Å². The topological polar surface area (TPSA) is 74.3 Å². The van der Waals surface area contributed by atoms with Crippen LogP contribution >= 0.6 is 11.3 Å². The molecule has 0 saturated carbocycles. The third kappa shape index (κ3) is 5.85. The summed E-state index contributed by atoms with van der Waals surface area (Å²) >= 11 is 1.11. The summed E-state index contributed by atoms with van der Waals surface area (Å²) in [6, 6.07) is 3.14. The molecule has 2 rings (SSSR count). The van der Waals surface area contributed by atoms with Crippen LogP contribution in [0.5, 0.6) is 0 Å². The fourth-order valence-corrected chi connectivity index (χ4v) is 2.95. The van der Waals surface area contributed by atoms with Crippen LogP contribution in [-0.2, 0) is 9.59 Å². The minimum absolute atomic E-state index is 0.00520. The minimum atomic E-state index is -0.592. The summed E-state index contributed by atoms with van der Waals surface area (Å²) in [6.07, 6.45) is 0. The second kappa shape index (κ2) is 8.81. The van der Waals surface area contributed by atoms with Gasteiger partial charge in [-0.3, -0.25) is 14.5 Å². The fraction of sp³-hybridized carbons (Fsp3) is 0.353. The van der Waals surface area contributed by atoms with Gasteiger partial charge >= 0.3 is 0 Å². The molecule has 2 amide bonds. The smallest absolute Gasteiger partial charge is 0.240 e. The number of thiazole rings is 1. The molecule has 1 heterocycles. The van der Waals surface area contributed by atoms with Crippen LogP contribution in [0.3, 0.4) is 0 Å². The molecule has 0 unspecified atom stereocenters. The summed E-state index contributed by atoms with van der Waals surface area (Å²) in [5.74, 6) is -1.69. The summed E-state index contributed by atoms with van der Waals surface area (Å²) in [4.78, 5) is 29.4. The summed E-state index contributed by atoms with van der Waals surface area (Å²) < 4.78 is 27.1. The van der Waals surface area contributed by atoms with Crippen molar-refractivity contribution in [2.24, 2.45) is 0 Å². The average molecular weight is 382 g/mol. The average Bonchev–Trinajstić information content (AvgIpc) is 2.96. The Kier molecular flexibility index (Phi) is 6.76. The number of halogens is 2. The van der Waals surface area contributed by atoms with Crippen molar-refractivity contribution in [1.82, 2.24) is 15.2 Å². The van der Waals surface area contributed by atoms with Crippen molar-refractivity contribution in [2.45, 2.75) is 19.9 Å². The van der Waals surface area contributed by atoms with E-state index in [0.29, 0.717) is 0 Å². The molecule has 0 bridgehead atoms. The molecule has 0 aliphatic rings. The zero-order valence-electron chi connectivity index (χ0n) is 14.7.